The molecular weight excluding hydrogens is 367 g/mol. The summed E-state index contributed by atoms with van der Waals surface area (Å²) < 4.78 is 20.2. The first-order chi connectivity index (χ1) is 14.1. The molecule has 1 aromatic heterocycles. The van der Waals surface area contributed by atoms with Gasteiger partial charge in [0.1, 0.15) is 18.2 Å². The maximum atomic E-state index is 14.7. The van der Waals surface area contributed by atoms with Gasteiger partial charge in [0.05, 0.1) is 29.0 Å². The van der Waals surface area contributed by atoms with Gasteiger partial charge in [-0.1, -0.05) is 30.9 Å². The molecule has 0 bridgehead atoms. The quantitative estimate of drug-likeness (QED) is 0.382. The number of allylic oxidation sites excluding steroid dienone is 1. The second-order valence-corrected chi connectivity index (χ2v) is 6.93. The van der Waals surface area contributed by atoms with E-state index in [1.54, 1.807) is 31.3 Å². The predicted octanol–water partition coefficient (Wildman–Crippen LogP) is 5.57. The normalized spacial score (nSPS) is 12.4. The van der Waals surface area contributed by atoms with E-state index in [1.165, 1.54) is 6.07 Å². The molecule has 1 N–H and O–H groups in total. The third-order valence-electron chi connectivity index (χ3n) is 4.45. The van der Waals surface area contributed by atoms with E-state index in [4.69, 9.17) is 4.74 Å². The molecule has 0 aliphatic heterocycles. The summed E-state index contributed by atoms with van der Waals surface area (Å²) >= 11 is 0. The predicted molar refractivity (Wildman–Crippen MR) is 115 cm³/mol. The van der Waals surface area contributed by atoms with Crippen molar-refractivity contribution in [3.05, 3.63) is 72.7 Å². The van der Waals surface area contributed by atoms with Gasteiger partial charge in [-0.05, 0) is 56.0 Å². The standard InChI is InChI=1S/C24H25FN2O2/c1-3-13-29-19-10-12-22-23(15-19)26-16-24(27-22)20-11-9-18(14-21(20)25)8-6-4-5-7-17(2)28/h3,6,8-12,14-17,28H,1,4-5,7,13H2,2H3/b8-6+. The number of ether oxygens (including phenoxy) is 1. The van der Waals surface area contributed by atoms with E-state index in [1.807, 2.05) is 30.4 Å². The maximum Gasteiger partial charge on any atom is 0.133 e. The van der Waals surface area contributed by atoms with Crippen LogP contribution in [0, 0.1) is 5.82 Å². The van der Waals surface area contributed by atoms with Crippen molar-refractivity contribution in [2.24, 2.45) is 0 Å². The SMILES string of the molecule is C=CCOc1ccc2nc(-c3ccc(/C=C/CCCC(C)O)cc3F)cnc2c1. The van der Waals surface area contributed by atoms with Crippen LogP contribution in [0.25, 0.3) is 28.4 Å². The Balaban J connectivity index is 1.75. The number of benzene rings is 2. The Morgan fingerprint density at radius 2 is 2.07 bits per heavy atom. The molecule has 0 radical (unpaired) electrons. The molecule has 0 spiro atoms. The van der Waals surface area contributed by atoms with Gasteiger partial charge in [-0.15, -0.1) is 0 Å². The first kappa shape index (κ1) is 20.7. The van der Waals surface area contributed by atoms with Crippen LogP contribution >= 0.6 is 0 Å². The van der Waals surface area contributed by atoms with Gasteiger partial charge >= 0.3 is 0 Å². The second-order valence-electron chi connectivity index (χ2n) is 6.93. The molecule has 2 aromatic carbocycles. The minimum absolute atomic E-state index is 0.283. The van der Waals surface area contributed by atoms with Crippen LogP contribution in [0.15, 0.2) is 61.3 Å². The Morgan fingerprint density at radius 1 is 1.21 bits per heavy atom. The molecule has 29 heavy (non-hydrogen) atoms. The van der Waals surface area contributed by atoms with Gasteiger partial charge in [0.15, 0.2) is 0 Å². The van der Waals surface area contributed by atoms with Crippen LogP contribution in [0.5, 0.6) is 5.75 Å². The van der Waals surface area contributed by atoms with Gasteiger partial charge in [-0.25, -0.2) is 9.37 Å². The summed E-state index contributed by atoms with van der Waals surface area (Å²) in [5, 5.41) is 9.26. The number of halogens is 1. The first-order valence-corrected chi connectivity index (χ1v) is 9.72. The average Bonchev–Trinajstić information content (AvgIpc) is 2.71. The second kappa shape index (κ2) is 9.94. The average molecular weight is 392 g/mol. The third kappa shape index (κ3) is 5.72. The van der Waals surface area contributed by atoms with E-state index in [9.17, 15) is 9.50 Å². The van der Waals surface area contributed by atoms with E-state index in [2.05, 4.69) is 16.5 Å². The molecular formula is C24H25FN2O2. The molecule has 1 atom stereocenters. The van der Waals surface area contributed by atoms with Crippen molar-refractivity contribution >= 4 is 17.1 Å². The molecule has 0 saturated heterocycles. The zero-order chi connectivity index (χ0) is 20.6. The van der Waals surface area contributed by atoms with Gasteiger partial charge in [-0.3, -0.25) is 4.98 Å². The smallest absolute Gasteiger partial charge is 0.133 e. The van der Waals surface area contributed by atoms with Crippen molar-refractivity contribution in [1.82, 2.24) is 9.97 Å². The molecule has 4 nitrogen and oxygen atoms in total. The van der Waals surface area contributed by atoms with E-state index < -0.39 is 0 Å². The number of rotatable bonds is 9. The number of hydrogen-bond donors (Lipinski definition) is 1. The fraction of sp³-hybridized carbons (Fsp3) is 0.250. The lowest BCUT2D eigenvalue weighted by molar-refractivity contribution is 0.182. The van der Waals surface area contributed by atoms with Crippen LogP contribution in [0.4, 0.5) is 4.39 Å². The van der Waals surface area contributed by atoms with Crippen molar-refractivity contribution in [2.45, 2.75) is 32.3 Å². The number of aromatic nitrogens is 2. The van der Waals surface area contributed by atoms with Crippen LogP contribution in [0.1, 0.15) is 31.7 Å². The largest absolute Gasteiger partial charge is 0.489 e. The Kier molecular flexibility index (Phi) is 7.09. The van der Waals surface area contributed by atoms with Gasteiger partial charge in [0.25, 0.3) is 0 Å². The fourth-order valence-electron chi connectivity index (χ4n) is 2.96. The number of unbranched alkanes of at least 4 members (excludes halogenated alkanes) is 1. The maximum absolute atomic E-state index is 14.7. The lowest BCUT2D eigenvalue weighted by Gasteiger charge is -2.07. The number of aliphatic hydroxyl groups is 1. The molecule has 0 amide bonds. The molecule has 0 fully saturated rings. The fourth-order valence-corrected chi connectivity index (χ4v) is 2.96. The highest BCUT2D eigenvalue weighted by Gasteiger charge is 2.09. The molecule has 3 aromatic rings. The molecule has 3 rings (SSSR count). The van der Waals surface area contributed by atoms with E-state index in [-0.39, 0.29) is 11.9 Å². The van der Waals surface area contributed by atoms with Crippen LogP contribution in [-0.2, 0) is 0 Å². The van der Waals surface area contributed by atoms with Crippen LogP contribution < -0.4 is 4.74 Å². The third-order valence-corrected chi connectivity index (χ3v) is 4.45. The van der Waals surface area contributed by atoms with Crippen LogP contribution in [0.3, 0.4) is 0 Å². The Hall–Kier alpha value is -3.05. The summed E-state index contributed by atoms with van der Waals surface area (Å²) in [6.07, 6.45) is 9.38. The number of hydrogen-bond acceptors (Lipinski definition) is 4. The molecule has 0 aliphatic rings. The van der Waals surface area contributed by atoms with Gasteiger partial charge in [0.2, 0.25) is 0 Å². The van der Waals surface area contributed by atoms with Gasteiger partial charge < -0.3 is 9.84 Å². The molecule has 5 heteroatoms. The van der Waals surface area contributed by atoms with Crippen molar-refractivity contribution in [3.8, 4) is 17.0 Å². The summed E-state index contributed by atoms with van der Waals surface area (Å²) in [4.78, 5) is 8.95. The lowest BCUT2D eigenvalue weighted by Crippen LogP contribution is -1.97. The lowest BCUT2D eigenvalue weighted by atomic mass is 10.1. The molecule has 1 unspecified atom stereocenters. The van der Waals surface area contributed by atoms with E-state index in [0.29, 0.717) is 34.6 Å². The van der Waals surface area contributed by atoms with Crippen molar-refractivity contribution in [2.75, 3.05) is 6.61 Å². The Morgan fingerprint density at radius 3 is 2.83 bits per heavy atom. The minimum Gasteiger partial charge on any atom is -0.489 e. The topological polar surface area (TPSA) is 55.2 Å². The number of aliphatic hydroxyl groups excluding tert-OH is 1. The number of fused-ring (bicyclic) bond motifs is 1. The number of nitrogens with zero attached hydrogens (tertiary/aromatic N) is 2. The van der Waals surface area contributed by atoms with Crippen molar-refractivity contribution in [3.63, 3.8) is 0 Å². The van der Waals surface area contributed by atoms with Crippen LogP contribution in [-0.4, -0.2) is 27.8 Å². The van der Waals surface area contributed by atoms with Gasteiger partial charge in [0, 0.05) is 11.6 Å². The molecule has 0 saturated carbocycles. The molecule has 1 heterocycles. The summed E-state index contributed by atoms with van der Waals surface area (Å²) in [5.74, 6) is 0.353. The summed E-state index contributed by atoms with van der Waals surface area (Å²) in [5.41, 5.74) is 3.06. The monoisotopic (exact) mass is 392 g/mol. The minimum atomic E-state index is -0.337. The highest BCUT2D eigenvalue weighted by molar-refractivity contribution is 5.78. The summed E-state index contributed by atoms with van der Waals surface area (Å²) in [6, 6.07) is 10.5. The summed E-state index contributed by atoms with van der Waals surface area (Å²) in [6.45, 7) is 5.83. The highest BCUT2D eigenvalue weighted by atomic mass is 19.1. The van der Waals surface area contributed by atoms with Crippen LogP contribution in [0.2, 0.25) is 0 Å². The zero-order valence-corrected chi connectivity index (χ0v) is 16.5. The first-order valence-electron chi connectivity index (χ1n) is 9.72. The van der Waals surface area contributed by atoms with E-state index >= 15 is 0 Å². The van der Waals surface area contributed by atoms with Crippen molar-refractivity contribution in [1.29, 1.82) is 0 Å². The van der Waals surface area contributed by atoms with Gasteiger partial charge in [-0.2, -0.15) is 0 Å². The molecule has 150 valence electrons. The van der Waals surface area contributed by atoms with Crippen molar-refractivity contribution < 1.29 is 14.2 Å². The Bertz CT molecular complexity index is 1010. The summed E-state index contributed by atoms with van der Waals surface area (Å²) in [7, 11) is 0. The van der Waals surface area contributed by atoms with E-state index in [0.717, 1.165) is 24.8 Å². The Labute approximate surface area is 170 Å². The molecule has 0 aliphatic carbocycles. The zero-order valence-electron chi connectivity index (χ0n) is 16.5. The highest BCUT2D eigenvalue weighted by Crippen LogP contribution is 2.25.